The Labute approximate surface area is 86.1 Å². The Morgan fingerprint density at radius 2 is 2.20 bits per heavy atom. The molecule has 0 bridgehead atoms. The summed E-state index contributed by atoms with van der Waals surface area (Å²) in [6, 6.07) is 1.53. The molecule has 0 atom stereocenters. The lowest BCUT2D eigenvalue weighted by Crippen LogP contribution is -2.43. The number of aryl methyl sites for hydroxylation is 1. The van der Waals surface area contributed by atoms with E-state index in [2.05, 4.69) is 5.32 Å². The fourth-order valence-corrected chi connectivity index (χ4v) is 1.42. The molecule has 1 saturated carbocycles. The molecule has 5 heteroatoms. The first kappa shape index (κ1) is 9.76. The van der Waals surface area contributed by atoms with Gasteiger partial charge in [0.2, 0.25) is 0 Å². The van der Waals surface area contributed by atoms with E-state index >= 15 is 0 Å². The van der Waals surface area contributed by atoms with Crippen LogP contribution >= 0.6 is 0 Å². The first-order valence-electron chi connectivity index (χ1n) is 4.65. The van der Waals surface area contributed by atoms with Gasteiger partial charge in [0.1, 0.15) is 11.3 Å². The first-order valence-corrected chi connectivity index (χ1v) is 4.65. The Bertz CT molecular complexity index is 417. The predicted molar refractivity (Wildman–Crippen MR) is 50.5 cm³/mol. The van der Waals surface area contributed by atoms with E-state index in [0.29, 0.717) is 24.2 Å². The van der Waals surface area contributed by atoms with Crippen molar-refractivity contribution in [1.29, 1.82) is 0 Å². The van der Waals surface area contributed by atoms with Crippen molar-refractivity contribution in [2.75, 3.05) is 0 Å². The maximum Gasteiger partial charge on any atom is 0.329 e. The molecule has 0 radical (unpaired) electrons. The van der Waals surface area contributed by atoms with Crippen LogP contribution < -0.4 is 5.32 Å². The smallest absolute Gasteiger partial charge is 0.329 e. The van der Waals surface area contributed by atoms with Crippen LogP contribution in [-0.4, -0.2) is 22.5 Å². The summed E-state index contributed by atoms with van der Waals surface area (Å²) < 4.78 is 4.97. The summed E-state index contributed by atoms with van der Waals surface area (Å²) in [5, 5.41) is 11.4. The standard InChI is InChI=1S/C10H11NO4/c1-6-7(2-5-15-6)8(12)11-10(3-4-10)9(13)14/h2,5H,3-4H2,1H3,(H,11,12)(H,13,14). The molecule has 15 heavy (non-hydrogen) atoms. The molecule has 1 aromatic heterocycles. The summed E-state index contributed by atoms with van der Waals surface area (Å²) in [5.41, 5.74) is -0.650. The number of furan rings is 1. The molecule has 1 fully saturated rings. The van der Waals surface area contributed by atoms with Crippen LogP contribution in [0.15, 0.2) is 16.7 Å². The van der Waals surface area contributed by atoms with Gasteiger partial charge in [-0.1, -0.05) is 0 Å². The molecule has 0 spiro atoms. The molecule has 1 amide bonds. The van der Waals surface area contributed by atoms with Crippen LogP contribution in [0.4, 0.5) is 0 Å². The molecule has 1 aliphatic carbocycles. The van der Waals surface area contributed by atoms with Gasteiger partial charge in [-0.25, -0.2) is 4.79 Å². The fraction of sp³-hybridized carbons (Fsp3) is 0.400. The van der Waals surface area contributed by atoms with Crippen molar-refractivity contribution < 1.29 is 19.1 Å². The van der Waals surface area contributed by atoms with Gasteiger partial charge in [-0.15, -0.1) is 0 Å². The van der Waals surface area contributed by atoms with Gasteiger partial charge in [0.05, 0.1) is 11.8 Å². The molecule has 1 aromatic rings. The lowest BCUT2D eigenvalue weighted by atomic mass is 10.2. The largest absolute Gasteiger partial charge is 0.480 e. The molecule has 80 valence electrons. The second kappa shape index (κ2) is 3.12. The zero-order valence-corrected chi connectivity index (χ0v) is 8.24. The molecule has 2 N–H and O–H groups in total. The van der Waals surface area contributed by atoms with E-state index in [4.69, 9.17) is 9.52 Å². The molecule has 5 nitrogen and oxygen atoms in total. The average Bonchev–Trinajstić information content (AvgIpc) is 2.82. The highest BCUT2D eigenvalue weighted by Gasteiger charge is 2.51. The number of carboxylic acid groups (broad SMARTS) is 1. The number of carbonyl (C=O) groups excluding carboxylic acids is 1. The molecule has 1 aliphatic rings. The number of carboxylic acids is 1. The normalized spacial score (nSPS) is 17.1. The summed E-state index contributed by atoms with van der Waals surface area (Å²) in [6.07, 6.45) is 2.39. The third kappa shape index (κ3) is 1.60. The van der Waals surface area contributed by atoms with Crippen LogP contribution in [0.25, 0.3) is 0 Å². The molecular formula is C10H11NO4. The van der Waals surface area contributed by atoms with Gasteiger partial charge in [-0.2, -0.15) is 0 Å². The van der Waals surface area contributed by atoms with E-state index < -0.39 is 11.5 Å². The van der Waals surface area contributed by atoms with Crippen molar-refractivity contribution in [1.82, 2.24) is 5.32 Å². The van der Waals surface area contributed by atoms with E-state index in [9.17, 15) is 9.59 Å². The minimum Gasteiger partial charge on any atom is -0.480 e. The van der Waals surface area contributed by atoms with E-state index in [1.54, 1.807) is 6.92 Å². The molecule has 0 aliphatic heterocycles. The van der Waals surface area contributed by atoms with E-state index in [1.807, 2.05) is 0 Å². The molecule has 1 heterocycles. The number of hydrogen-bond acceptors (Lipinski definition) is 3. The number of rotatable bonds is 3. The summed E-state index contributed by atoms with van der Waals surface area (Å²) in [7, 11) is 0. The average molecular weight is 209 g/mol. The summed E-state index contributed by atoms with van der Waals surface area (Å²) in [6.45, 7) is 1.66. The molecule has 0 unspecified atom stereocenters. The quantitative estimate of drug-likeness (QED) is 0.776. The third-order valence-corrected chi connectivity index (χ3v) is 2.62. The maximum absolute atomic E-state index is 11.7. The molecule has 0 aromatic carbocycles. The van der Waals surface area contributed by atoms with Crippen LogP contribution in [0, 0.1) is 6.92 Å². The lowest BCUT2D eigenvalue weighted by Gasteiger charge is -2.11. The minimum absolute atomic E-state index is 0.388. The Balaban J connectivity index is 2.11. The van der Waals surface area contributed by atoms with Crippen LogP contribution in [0.1, 0.15) is 29.0 Å². The Morgan fingerprint density at radius 1 is 1.53 bits per heavy atom. The summed E-state index contributed by atoms with van der Waals surface area (Å²) in [4.78, 5) is 22.5. The van der Waals surface area contributed by atoms with E-state index in [1.165, 1.54) is 12.3 Å². The van der Waals surface area contributed by atoms with Crippen molar-refractivity contribution in [3.05, 3.63) is 23.7 Å². The maximum atomic E-state index is 11.7. The second-order valence-corrected chi connectivity index (χ2v) is 3.73. The van der Waals surface area contributed by atoms with Crippen molar-refractivity contribution in [2.24, 2.45) is 0 Å². The molecule has 0 saturated heterocycles. The predicted octanol–water partition coefficient (Wildman–Crippen LogP) is 0.935. The van der Waals surface area contributed by atoms with E-state index in [-0.39, 0.29) is 5.91 Å². The number of carbonyl (C=O) groups is 2. The Kier molecular flexibility index (Phi) is 2.03. The highest BCUT2D eigenvalue weighted by atomic mass is 16.4. The third-order valence-electron chi connectivity index (χ3n) is 2.62. The first-order chi connectivity index (χ1) is 7.05. The van der Waals surface area contributed by atoms with Crippen molar-refractivity contribution >= 4 is 11.9 Å². The Hall–Kier alpha value is -1.78. The van der Waals surface area contributed by atoms with Crippen molar-refractivity contribution in [2.45, 2.75) is 25.3 Å². The minimum atomic E-state index is -1.04. The monoisotopic (exact) mass is 209 g/mol. The summed E-state index contributed by atoms with van der Waals surface area (Å²) >= 11 is 0. The zero-order chi connectivity index (χ0) is 11.1. The second-order valence-electron chi connectivity index (χ2n) is 3.73. The van der Waals surface area contributed by atoms with Crippen LogP contribution in [-0.2, 0) is 4.79 Å². The highest BCUT2D eigenvalue weighted by molar-refractivity contribution is 5.99. The van der Waals surface area contributed by atoms with Gasteiger partial charge >= 0.3 is 5.97 Å². The van der Waals surface area contributed by atoms with E-state index in [0.717, 1.165) is 0 Å². The molecule has 2 rings (SSSR count). The van der Waals surface area contributed by atoms with Gasteiger partial charge in [0.25, 0.3) is 5.91 Å². The topological polar surface area (TPSA) is 79.5 Å². The van der Waals surface area contributed by atoms with Crippen LogP contribution in [0.2, 0.25) is 0 Å². The number of aliphatic carboxylic acids is 1. The van der Waals surface area contributed by atoms with Crippen molar-refractivity contribution in [3.63, 3.8) is 0 Å². The van der Waals surface area contributed by atoms with Crippen LogP contribution in [0.3, 0.4) is 0 Å². The highest BCUT2D eigenvalue weighted by Crippen LogP contribution is 2.35. The number of amides is 1. The van der Waals surface area contributed by atoms with Gasteiger partial charge in [0, 0.05) is 0 Å². The van der Waals surface area contributed by atoms with Gasteiger partial charge in [-0.05, 0) is 25.8 Å². The number of hydrogen-bond donors (Lipinski definition) is 2. The molecular weight excluding hydrogens is 198 g/mol. The fourth-order valence-electron chi connectivity index (χ4n) is 1.42. The van der Waals surface area contributed by atoms with Gasteiger partial charge in [0.15, 0.2) is 0 Å². The van der Waals surface area contributed by atoms with Gasteiger partial charge < -0.3 is 14.8 Å². The zero-order valence-electron chi connectivity index (χ0n) is 8.24. The van der Waals surface area contributed by atoms with Gasteiger partial charge in [-0.3, -0.25) is 4.79 Å². The Morgan fingerprint density at radius 3 is 2.60 bits per heavy atom. The lowest BCUT2D eigenvalue weighted by molar-refractivity contribution is -0.140. The van der Waals surface area contributed by atoms with Crippen LogP contribution in [0.5, 0.6) is 0 Å². The SMILES string of the molecule is Cc1occc1C(=O)NC1(C(=O)O)CC1. The van der Waals surface area contributed by atoms with Crippen molar-refractivity contribution in [3.8, 4) is 0 Å². The number of nitrogens with one attached hydrogen (secondary N) is 1. The summed E-state index contributed by atoms with van der Waals surface area (Å²) in [5.74, 6) is -0.869.